The lowest BCUT2D eigenvalue weighted by Gasteiger charge is -2.29. The van der Waals surface area contributed by atoms with Crippen molar-refractivity contribution < 1.29 is 33.2 Å². The second kappa shape index (κ2) is 49.0. The number of furan rings is 1. The standard InChI is InChI=1S/C35H40N6O3.C33H39ClN6O2.C32H37N7O2S/c36-35(37)38-21-10-17-30-34(43)41(24-29(25-11-4-1-5-12-25)26-13-6-2-7-14-26)22-20-28(40-30)23-39-33(42)32-19-18-31(44-32)27-15-8-3-9-16-27;34-27-14-7-9-24(21-27)16-17-31(41)38-22-28-18-20-40(32(42)30(39-28)15-8-19-37-33(35)36)23-29(25-10-3-1-4-11-25)26-12-5-2-6-13-26;33-32(34)35-16-7-12-28-31(41)39(20-26(22-8-3-1-4-9-22)23-10-5-2-6-11-23)17-15-25(38-28)19-36-30(40)24-13-14-27-29(18-24)42-21-37-27/h1-9,11-16,18-19,28-30,40H,10,17,20-24H2,(H,39,42)(H4,36,37,38);1-7,9-14,16-17,21,28-30,39H,8,15,18-20,22-23H2,(H,38,41)(H4,35,36,37);1-6,8-11,13-14,18,21,25-26,28,38H,7,12,15-17,19-20H2,(H,36,40)(H4,33,34,35)/b;17-16+;/t2*28-,30-;25-,28-/m000/s1. The molecule has 28 heteroatoms. The monoisotopic (exact) mass is 1760 g/mol. The molecule has 3 aliphatic rings. The number of hydrogen-bond donors (Lipinski definition) is 12. The fourth-order valence-corrected chi connectivity index (χ4v) is 17.2. The van der Waals surface area contributed by atoms with Crippen LogP contribution in [-0.4, -0.2) is 188 Å². The van der Waals surface area contributed by atoms with Crippen LogP contribution in [0.4, 0.5) is 0 Å². The summed E-state index contributed by atoms with van der Waals surface area (Å²) < 4.78 is 6.81. The average Bonchev–Trinajstić information content (AvgIpc) is 0.843. The van der Waals surface area contributed by atoms with Gasteiger partial charge in [-0.1, -0.05) is 236 Å². The van der Waals surface area contributed by atoms with Crippen LogP contribution >= 0.6 is 22.9 Å². The molecule has 6 amide bonds. The molecule has 5 heterocycles. The van der Waals surface area contributed by atoms with Crippen molar-refractivity contribution >= 4 is 92.6 Å². The Kier molecular flexibility index (Phi) is 35.9. The van der Waals surface area contributed by atoms with Gasteiger partial charge in [-0.15, -0.1) is 11.3 Å². The van der Waals surface area contributed by atoms with Gasteiger partial charge in [-0.05, 0) is 145 Å². The van der Waals surface area contributed by atoms with Crippen molar-refractivity contribution in [1.82, 2.24) is 51.6 Å². The van der Waals surface area contributed by atoms with Crippen molar-refractivity contribution in [2.75, 3.05) is 78.5 Å². The topological polar surface area (TPSA) is 404 Å². The molecule has 9 aromatic carbocycles. The molecule has 2 aromatic heterocycles. The Morgan fingerprint density at radius 1 is 0.453 bits per heavy atom. The average molecular weight is 1760 g/mol. The first-order valence-electron chi connectivity index (χ1n) is 43.7. The fraction of sp³-hybridized carbons (Fsp3) is 0.300. The van der Waals surface area contributed by atoms with Crippen molar-refractivity contribution in [2.24, 2.45) is 49.4 Å². The van der Waals surface area contributed by atoms with Crippen LogP contribution < -0.4 is 66.3 Å². The Morgan fingerprint density at radius 2 is 0.828 bits per heavy atom. The highest BCUT2D eigenvalue weighted by molar-refractivity contribution is 7.16. The number of thiazole rings is 1. The van der Waals surface area contributed by atoms with E-state index in [0.717, 1.165) is 43.6 Å². The highest BCUT2D eigenvalue weighted by Crippen LogP contribution is 2.32. The molecular formula is C100H116ClN19O7S. The molecule has 128 heavy (non-hydrogen) atoms. The summed E-state index contributed by atoms with van der Waals surface area (Å²) in [7, 11) is 0. The van der Waals surface area contributed by atoms with Crippen molar-refractivity contribution in [3.63, 3.8) is 0 Å². The summed E-state index contributed by atoms with van der Waals surface area (Å²) in [4.78, 5) is 103. The third-order valence-corrected chi connectivity index (χ3v) is 24.0. The maximum absolute atomic E-state index is 14.0. The second-order valence-electron chi connectivity index (χ2n) is 32.1. The smallest absolute Gasteiger partial charge is 0.287 e. The van der Waals surface area contributed by atoms with E-state index < -0.39 is 18.1 Å². The van der Waals surface area contributed by atoms with Crippen LogP contribution in [0.3, 0.4) is 0 Å². The predicted octanol–water partition coefficient (Wildman–Crippen LogP) is 11.5. The number of hydrogen-bond acceptors (Lipinski definition) is 15. The lowest BCUT2D eigenvalue weighted by molar-refractivity contribution is -0.133. The van der Waals surface area contributed by atoms with Crippen LogP contribution in [0.5, 0.6) is 0 Å². The summed E-state index contributed by atoms with van der Waals surface area (Å²) in [5.41, 5.74) is 45.0. The summed E-state index contributed by atoms with van der Waals surface area (Å²) in [6, 6.07) is 86.2. The molecule has 0 aliphatic carbocycles. The summed E-state index contributed by atoms with van der Waals surface area (Å²) in [5.74, 6) is 0.604. The molecule has 26 nitrogen and oxygen atoms in total. The Labute approximate surface area is 757 Å². The zero-order valence-electron chi connectivity index (χ0n) is 71.9. The molecule has 0 saturated carbocycles. The molecule has 6 atom stereocenters. The number of guanidine groups is 3. The largest absolute Gasteiger partial charge is 0.451 e. The molecule has 3 aliphatic heterocycles. The van der Waals surface area contributed by atoms with E-state index in [0.29, 0.717) is 153 Å². The normalized spacial score (nSPS) is 17.1. The number of halogens is 1. The summed E-state index contributed by atoms with van der Waals surface area (Å²) >= 11 is 7.55. The number of nitrogens with one attached hydrogen (secondary N) is 6. The van der Waals surface area contributed by atoms with Crippen LogP contribution in [0, 0.1) is 0 Å². The van der Waals surface area contributed by atoms with Crippen LogP contribution in [0.15, 0.2) is 298 Å². The van der Waals surface area contributed by atoms with Gasteiger partial charge in [0.25, 0.3) is 11.8 Å². The van der Waals surface area contributed by atoms with E-state index in [1.807, 2.05) is 178 Å². The van der Waals surface area contributed by atoms with Gasteiger partial charge in [0.1, 0.15) is 5.76 Å². The van der Waals surface area contributed by atoms with E-state index >= 15 is 0 Å². The van der Waals surface area contributed by atoms with E-state index in [2.05, 4.69) is 125 Å². The van der Waals surface area contributed by atoms with Gasteiger partial charge in [-0.3, -0.25) is 43.7 Å². The maximum Gasteiger partial charge on any atom is 0.287 e. The lowest BCUT2D eigenvalue weighted by Crippen LogP contribution is -2.49. The van der Waals surface area contributed by atoms with Gasteiger partial charge in [-0.2, -0.15) is 0 Å². The minimum atomic E-state index is -0.436. The van der Waals surface area contributed by atoms with Crippen molar-refractivity contribution in [3.05, 3.63) is 334 Å². The van der Waals surface area contributed by atoms with E-state index in [1.165, 1.54) is 28.5 Å². The molecule has 666 valence electrons. The Hall–Kier alpha value is -13.3. The van der Waals surface area contributed by atoms with Crippen LogP contribution in [0.1, 0.15) is 135 Å². The quantitative estimate of drug-likeness (QED) is 0.00760. The Balaban J connectivity index is 0.000000174. The van der Waals surface area contributed by atoms with Gasteiger partial charge < -0.3 is 85.4 Å². The first kappa shape index (κ1) is 93.8. The van der Waals surface area contributed by atoms with Crippen LogP contribution in [0.25, 0.3) is 27.6 Å². The minimum absolute atomic E-state index is 0.0256. The number of aliphatic imine (C=N–C) groups is 3. The van der Waals surface area contributed by atoms with E-state index in [1.54, 1.807) is 41.9 Å². The molecule has 14 rings (SSSR count). The highest BCUT2D eigenvalue weighted by Gasteiger charge is 2.37. The number of aromatic nitrogens is 1. The fourth-order valence-electron chi connectivity index (χ4n) is 16.3. The molecule has 0 spiro atoms. The molecular weight excluding hydrogens is 1650 g/mol. The predicted molar refractivity (Wildman–Crippen MR) is 512 cm³/mol. The number of benzene rings is 9. The number of amides is 6. The molecule has 0 radical (unpaired) electrons. The maximum atomic E-state index is 14.0. The third-order valence-electron chi connectivity index (χ3n) is 22.9. The first-order chi connectivity index (χ1) is 62.3. The van der Waals surface area contributed by atoms with Crippen LogP contribution in [-0.2, 0) is 19.2 Å². The number of fused-ring (bicyclic) bond motifs is 1. The first-order valence-corrected chi connectivity index (χ1v) is 45.0. The van der Waals surface area contributed by atoms with Crippen molar-refractivity contribution in [3.8, 4) is 11.3 Å². The SMILES string of the molecule is NC(N)=NCCC[C@@H]1N[C@H](CNC(=O)/C=C/c2cccc(Cl)c2)CCN(CC(c2ccccc2)c2ccccc2)C1=O.NC(N)=NCCC[C@@H]1N[C@H](CNC(=O)c2ccc(-c3ccccc3)o2)CCN(CC(c2ccccc2)c2ccccc2)C1=O.NC(N)=NCCC[C@@H]1N[C@H](CNC(=O)c2ccc3ncsc3c2)CCN(CC(c2ccccc2)c2ccccc2)C1=O. The van der Waals surface area contributed by atoms with Gasteiger partial charge in [0, 0.05) is 137 Å². The molecule has 3 saturated heterocycles. The van der Waals surface area contributed by atoms with Gasteiger partial charge in [-0.25, -0.2) is 4.98 Å². The minimum Gasteiger partial charge on any atom is -0.451 e. The van der Waals surface area contributed by atoms with E-state index in [9.17, 15) is 28.8 Å². The van der Waals surface area contributed by atoms with Gasteiger partial charge in [0.05, 0.1) is 33.9 Å². The number of nitrogens with two attached hydrogens (primary N) is 6. The number of rotatable bonds is 35. The molecule has 11 aromatic rings. The number of carbonyl (C=O) groups is 6. The van der Waals surface area contributed by atoms with Crippen molar-refractivity contribution in [2.45, 2.75) is 112 Å². The molecule has 0 unspecified atom stereocenters. The van der Waals surface area contributed by atoms with E-state index in [4.69, 9.17) is 50.4 Å². The zero-order valence-corrected chi connectivity index (χ0v) is 73.5. The summed E-state index contributed by atoms with van der Waals surface area (Å²) in [5, 5.41) is 20.3. The number of carbonyl (C=O) groups excluding carboxylic acids is 6. The second-order valence-corrected chi connectivity index (χ2v) is 33.4. The Bertz CT molecular complexity index is 5340. The van der Waals surface area contributed by atoms with Crippen molar-refractivity contribution in [1.29, 1.82) is 0 Å². The lowest BCUT2D eigenvalue weighted by atomic mass is 9.90. The molecule has 3 fully saturated rings. The summed E-state index contributed by atoms with van der Waals surface area (Å²) in [6.07, 6.45) is 8.99. The molecule has 0 bridgehead atoms. The molecule has 18 N–H and O–H groups in total. The van der Waals surface area contributed by atoms with Gasteiger partial charge >= 0.3 is 0 Å². The number of nitrogens with zero attached hydrogens (tertiary/aromatic N) is 7. The van der Waals surface area contributed by atoms with Crippen LogP contribution in [0.2, 0.25) is 5.02 Å². The van der Waals surface area contributed by atoms with E-state index in [-0.39, 0.29) is 95.0 Å². The highest BCUT2D eigenvalue weighted by atomic mass is 35.5. The summed E-state index contributed by atoms with van der Waals surface area (Å²) in [6.45, 7) is 5.88. The van der Waals surface area contributed by atoms with Gasteiger partial charge in [0.15, 0.2) is 23.6 Å². The third kappa shape index (κ3) is 28.9. The van der Waals surface area contributed by atoms with Gasteiger partial charge in [0.2, 0.25) is 23.6 Å². The zero-order chi connectivity index (χ0) is 89.8. The Morgan fingerprint density at radius 3 is 1.21 bits per heavy atom.